The number of rotatable bonds is 7. The molecule has 0 heterocycles. The first kappa shape index (κ1) is 20.0. The fraction of sp³-hybridized carbons (Fsp3) is 0.350. The molecular formula is C20H25ClO3. The molecule has 130 valence electrons. The second-order valence-electron chi connectivity index (χ2n) is 5.91. The van der Waals surface area contributed by atoms with Gasteiger partial charge in [0, 0.05) is 6.08 Å². The Morgan fingerprint density at radius 2 is 2.00 bits per heavy atom. The van der Waals surface area contributed by atoms with Crippen molar-refractivity contribution in [3.63, 3.8) is 0 Å². The Kier molecular flexibility index (Phi) is 7.80. The SMILES string of the molecule is COc1cc(C)c(CC/C(C)=C/C=C/C(C)=C/C(=O)O)c(C)c1Cl. The minimum Gasteiger partial charge on any atom is -0.495 e. The number of hydrogen-bond acceptors (Lipinski definition) is 2. The predicted octanol–water partition coefficient (Wildman–Crippen LogP) is 5.43. The number of allylic oxidation sites excluding steroid dienone is 5. The zero-order valence-electron chi connectivity index (χ0n) is 14.9. The summed E-state index contributed by atoms with van der Waals surface area (Å²) in [5.74, 6) is -0.216. The zero-order valence-corrected chi connectivity index (χ0v) is 15.7. The molecule has 3 nitrogen and oxygen atoms in total. The highest BCUT2D eigenvalue weighted by Crippen LogP contribution is 2.33. The van der Waals surface area contributed by atoms with Gasteiger partial charge in [-0.15, -0.1) is 0 Å². The molecule has 0 aliphatic carbocycles. The second kappa shape index (κ2) is 9.33. The van der Waals surface area contributed by atoms with Gasteiger partial charge in [0.2, 0.25) is 0 Å². The van der Waals surface area contributed by atoms with E-state index >= 15 is 0 Å². The summed E-state index contributed by atoms with van der Waals surface area (Å²) in [6, 6.07) is 1.98. The molecule has 0 saturated carbocycles. The topological polar surface area (TPSA) is 46.5 Å². The van der Waals surface area contributed by atoms with Crippen molar-refractivity contribution in [2.45, 2.75) is 40.5 Å². The van der Waals surface area contributed by atoms with Gasteiger partial charge < -0.3 is 9.84 Å². The largest absolute Gasteiger partial charge is 0.495 e. The van der Waals surface area contributed by atoms with E-state index in [0.29, 0.717) is 16.3 Å². The molecule has 1 aromatic carbocycles. The van der Waals surface area contributed by atoms with Crippen molar-refractivity contribution < 1.29 is 14.6 Å². The first-order valence-electron chi connectivity index (χ1n) is 7.83. The maximum absolute atomic E-state index is 10.6. The number of aryl methyl sites for hydroxylation is 1. The Labute approximate surface area is 149 Å². The average molecular weight is 349 g/mol. The lowest BCUT2D eigenvalue weighted by Crippen LogP contribution is -1.98. The smallest absolute Gasteiger partial charge is 0.328 e. The van der Waals surface area contributed by atoms with Crippen LogP contribution in [0.15, 0.2) is 41.5 Å². The van der Waals surface area contributed by atoms with E-state index < -0.39 is 5.97 Å². The first-order valence-corrected chi connectivity index (χ1v) is 8.21. The van der Waals surface area contributed by atoms with Crippen LogP contribution >= 0.6 is 11.6 Å². The molecule has 0 fully saturated rings. The van der Waals surface area contributed by atoms with Crippen molar-refractivity contribution in [1.29, 1.82) is 0 Å². The van der Waals surface area contributed by atoms with Crippen molar-refractivity contribution in [3.8, 4) is 5.75 Å². The van der Waals surface area contributed by atoms with E-state index in [0.717, 1.165) is 18.4 Å². The van der Waals surface area contributed by atoms with Crippen LogP contribution in [-0.4, -0.2) is 18.2 Å². The quantitative estimate of drug-likeness (QED) is 0.527. The molecule has 0 bridgehead atoms. The van der Waals surface area contributed by atoms with Crippen molar-refractivity contribution in [3.05, 3.63) is 63.2 Å². The average Bonchev–Trinajstić information content (AvgIpc) is 2.50. The molecule has 4 heteroatoms. The Balaban J connectivity index is 2.79. The van der Waals surface area contributed by atoms with Crippen molar-refractivity contribution in [1.82, 2.24) is 0 Å². The third kappa shape index (κ3) is 5.89. The van der Waals surface area contributed by atoms with Gasteiger partial charge >= 0.3 is 5.97 Å². The van der Waals surface area contributed by atoms with Crippen LogP contribution in [-0.2, 0) is 11.2 Å². The van der Waals surface area contributed by atoms with E-state index in [1.165, 1.54) is 22.8 Å². The molecule has 1 N–H and O–H groups in total. The Hall–Kier alpha value is -2.00. The number of methoxy groups -OCH3 is 1. The number of carboxylic acids is 1. The van der Waals surface area contributed by atoms with Gasteiger partial charge in [0.05, 0.1) is 12.1 Å². The molecule has 0 atom stereocenters. The van der Waals surface area contributed by atoms with Crippen molar-refractivity contribution in [2.24, 2.45) is 0 Å². The Morgan fingerprint density at radius 3 is 2.58 bits per heavy atom. The summed E-state index contributed by atoms with van der Waals surface area (Å²) >= 11 is 6.34. The Bertz CT molecular complexity index is 697. The molecule has 0 radical (unpaired) electrons. The first-order chi connectivity index (χ1) is 11.3. The number of carbonyl (C=O) groups is 1. The number of halogens is 1. The fourth-order valence-electron chi connectivity index (χ4n) is 2.51. The molecule has 0 spiro atoms. The third-order valence-electron chi connectivity index (χ3n) is 3.90. The van der Waals surface area contributed by atoms with Crippen LogP contribution in [0, 0.1) is 13.8 Å². The highest BCUT2D eigenvalue weighted by molar-refractivity contribution is 6.33. The van der Waals surface area contributed by atoms with Crippen LogP contribution in [0.3, 0.4) is 0 Å². The van der Waals surface area contributed by atoms with Crippen molar-refractivity contribution >= 4 is 17.6 Å². The van der Waals surface area contributed by atoms with E-state index in [1.807, 2.05) is 25.1 Å². The zero-order chi connectivity index (χ0) is 18.3. The Morgan fingerprint density at radius 1 is 1.33 bits per heavy atom. The van der Waals surface area contributed by atoms with Gasteiger partial charge in [-0.05, 0) is 68.9 Å². The van der Waals surface area contributed by atoms with E-state index in [1.54, 1.807) is 20.1 Å². The summed E-state index contributed by atoms with van der Waals surface area (Å²) in [6.45, 7) is 7.92. The standard InChI is InChI=1S/C20H25ClO3/c1-13(7-6-8-14(2)11-19(22)23)9-10-17-15(3)12-18(24-5)20(21)16(17)4/h6-8,11-12H,9-10H2,1-5H3,(H,22,23)/b8-6+,13-7+,14-11+. The normalized spacial score (nSPS) is 12.8. The van der Waals surface area contributed by atoms with Crippen LogP contribution in [0.4, 0.5) is 0 Å². The summed E-state index contributed by atoms with van der Waals surface area (Å²) in [6.07, 6.45) is 8.68. The van der Waals surface area contributed by atoms with Gasteiger partial charge in [-0.25, -0.2) is 4.79 Å². The van der Waals surface area contributed by atoms with Crippen LogP contribution in [0.2, 0.25) is 5.02 Å². The van der Waals surface area contributed by atoms with Crippen LogP contribution in [0.5, 0.6) is 5.75 Å². The van der Waals surface area contributed by atoms with Gasteiger partial charge in [-0.3, -0.25) is 0 Å². The highest BCUT2D eigenvalue weighted by atomic mass is 35.5. The number of benzene rings is 1. The number of ether oxygens (including phenoxy) is 1. The highest BCUT2D eigenvalue weighted by Gasteiger charge is 2.12. The maximum atomic E-state index is 10.6. The van der Waals surface area contributed by atoms with Gasteiger partial charge in [-0.1, -0.05) is 35.4 Å². The van der Waals surface area contributed by atoms with Gasteiger partial charge in [-0.2, -0.15) is 0 Å². The maximum Gasteiger partial charge on any atom is 0.328 e. The fourth-order valence-corrected chi connectivity index (χ4v) is 2.75. The second-order valence-corrected chi connectivity index (χ2v) is 6.29. The number of carboxylic acid groups (broad SMARTS) is 1. The summed E-state index contributed by atoms with van der Waals surface area (Å²) in [7, 11) is 1.62. The molecule has 24 heavy (non-hydrogen) atoms. The van der Waals surface area contributed by atoms with Crippen LogP contribution in [0.1, 0.15) is 37.0 Å². The molecule has 0 aliphatic rings. The number of hydrogen-bond donors (Lipinski definition) is 1. The molecule has 0 aliphatic heterocycles. The summed E-state index contributed by atoms with van der Waals surface area (Å²) in [5, 5.41) is 9.34. The molecule has 0 aromatic heterocycles. The third-order valence-corrected chi connectivity index (χ3v) is 4.37. The molecule has 1 rings (SSSR count). The van der Waals surface area contributed by atoms with Gasteiger partial charge in [0.1, 0.15) is 5.75 Å². The van der Waals surface area contributed by atoms with E-state index in [-0.39, 0.29) is 0 Å². The lowest BCUT2D eigenvalue weighted by Gasteiger charge is -2.14. The van der Waals surface area contributed by atoms with E-state index in [2.05, 4.69) is 13.8 Å². The molecule has 1 aromatic rings. The molecular weight excluding hydrogens is 324 g/mol. The van der Waals surface area contributed by atoms with Crippen LogP contribution < -0.4 is 4.74 Å². The summed E-state index contributed by atoms with van der Waals surface area (Å²) in [4.78, 5) is 10.6. The van der Waals surface area contributed by atoms with E-state index in [4.69, 9.17) is 21.4 Å². The van der Waals surface area contributed by atoms with Crippen molar-refractivity contribution in [2.75, 3.05) is 7.11 Å². The molecule has 0 amide bonds. The minimum absolute atomic E-state index is 0.675. The van der Waals surface area contributed by atoms with Crippen LogP contribution in [0.25, 0.3) is 0 Å². The molecule has 0 unspecified atom stereocenters. The molecule has 0 saturated heterocycles. The number of aliphatic carboxylic acids is 1. The summed E-state index contributed by atoms with van der Waals surface area (Å²) < 4.78 is 5.29. The van der Waals surface area contributed by atoms with Gasteiger partial charge in [0.15, 0.2) is 0 Å². The predicted molar refractivity (Wildman–Crippen MR) is 100 cm³/mol. The van der Waals surface area contributed by atoms with E-state index in [9.17, 15) is 4.79 Å². The minimum atomic E-state index is -0.930. The summed E-state index contributed by atoms with van der Waals surface area (Å²) in [5.41, 5.74) is 5.43. The van der Waals surface area contributed by atoms with Gasteiger partial charge in [0.25, 0.3) is 0 Å². The lowest BCUT2D eigenvalue weighted by molar-refractivity contribution is -0.131. The monoisotopic (exact) mass is 348 g/mol. The lowest BCUT2D eigenvalue weighted by atomic mass is 9.96.